The quantitative estimate of drug-likeness (QED) is 0.695. The van der Waals surface area contributed by atoms with Crippen molar-refractivity contribution in [2.75, 3.05) is 13.2 Å². The van der Waals surface area contributed by atoms with Gasteiger partial charge < -0.3 is 15.3 Å². The molecule has 0 saturated heterocycles. The molecule has 17 heavy (non-hydrogen) atoms. The Balaban J connectivity index is 2.69. The van der Waals surface area contributed by atoms with Crippen molar-refractivity contribution in [1.82, 2.24) is 10.2 Å². The van der Waals surface area contributed by atoms with E-state index in [0.29, 0.717) is 6.54 Å². The normalized spacial score (nSPS) is 16.8. The Morgan fingerprint density at radius 1 is 1.41 bits per heavy atom. The van der Waals surface area contributed by atoms with Crippen LogP contribution in [-0.2, 0) is 9.59 Å². The van der Waals surface area contributed by atoms with Gasteiger partial charge in [-0.05, 0) is 18.8 Å². The van der Waals surface area contributed by atoms with Crippen molar-refractivity contribution < 1.29 is 14.7 Å². The number of hydrogen-bond donors (Lipinski definition) is 2. The summed E-state index contributed by atoms with van der Waals surface area (Å²) >= 11 is 0. The zero-order chi connectivity index (χ0) is 13.0. The van der Waals surface area contributed by atoms with Crippen LogP contribution in [0.25, 0.3) is 0 Å². The Morgan fingerprint density at radius 2 is 2.00 bits per heavy atom. The summed E-state index contributed by atoms with van der Waals surface area (Å²) in [5, 5.41) is 11.7. The van der Waals surface area contributed by atoms with Crippen molar-refractivity contribution in [3.63, 3.8) is 0 Å². The molecule has 2 N–H and O–H groups in total. The van der Waals surface area contributed by atoms with Crippen LogP contribution >= 0.6 is 0 Å². The number of hydrogen-bond acceptors (Lipinski definition) is 3. The van der Waals surface area contributed by atoms with Crippen LogP contribution in [0.15, 0.2) is 0 Å². The number of rotatable bonds is 6. The van der Waals surface area contributed by atoms with Crippen LogP contribution in [0.2, 0.25) is 0 Å². The molecule has 1 rings (SSSR count). The van der Waals surface area contributed by atoms with E-state index in [4.69, 9.17) is 5.11 Å². The molecule has 0 heterocycles. The summed E-state index contributed by atoms with van der Waals surface area (Å²) in [5.74, 6) is -0.227. The molecule has 1 saturated carbocycles. The Morgan fingerprint density at radius 3 is 2.35 bits per heavy atom. The predicted molar refractivity (Wildman–Crippen MR) is 64.3 cm³/mol. The van der Waals surface area contributed by atoms with E-state index in [0.717, 1.165) is 12.8 Å². The standard InChI is InChI=1S/C12H22N2O3/c1-8(2)11(13-9(3)16)12(17)14(6-7-15)10-4-5-10/h8,10-11,15H,4-7H2,1-3H3,(H,13,16). The van der Waals surface area contributed by atoms with Gasteiger partial charge in [-0.2, -0.15) is 0 Å². The fourth-order valence-electron chi connectivity index (χ4n) is 1.88. The highest BCUT2D eigenvalue weighted by molar-refractivity contribution is 5.87. The van der Waals surface area contributed by atoms with Gasteiger partial charge >= 0.3 is 0 Å². The average molecular weight is 242 g/mol. The fraction of sp³-hybridized carbons (Fsp3) is 0.833. The van der Waals surface area contributed by atoms with Gasteiger partial charge in [-0.15, -0.1) is 0 Å². The second kappa shape index (κ2) is 6.00. The van der Waals surface area contributed by atoms with Gasteiger partial charge in [0.15, 0.2) is 0 Å². The molecule has 1 aliphatic carbocycles. The van der Waals surface area contributed by atoms with E-state index in [1.54, 1.807) is 4.90 Å². The van der Waals surface area contributed by atoms with Gasteiger partial charge in [0.25, 0.3) is 0 Å². The zero-order valence-corrected chi connectivity index (χ0v) is 10.8. The molecule has 5 nitrogen and oxygen atoms in total. The lowest BCUT2D eigenvalue weighted by atomic mass is 10.0. The molecule has 0 spiro atoms. The molecular weight excluding hydrogens is 220 g/mol. The maximum Gasteiger partial charge on any atom is 0.245 e. The summed E-state index contributed by atoms with van der Waals surface area (Å²) in [6, 6.07) is -0.232. The third-order valence-electron chi connectivity index (χ3n) is 2.90. The van der Waals surface area contributed by atoms with Crippen molar-refractivity contribution in [3.8, 4) is 0 Å². The molecule has 1 fully saturated rings. The first kappa shape index (κ1) is 14.0. The molecule has 1 atom stereocenters. The Bertz CT molecular complexity index is 287. The summed E-state index contributed by atoms with van der Waals surface area (Å²) in [4.78, 5) is 25.1. The lowest BCUT2D eigenvalue weighted by Gasteiger charge is -2.29. The van der Waals surface area contributed by atoms with Gasteiger partial charge in [0.2, 0.25) is 11.8 Å². The lowest BCUT2D eigenvalue weighted by Crippen LogP contribution is -2.52. The molecule has 0 aliphatic heterocycles. The van der Waals surface area contributed by atoms with E-state index in [-0.39, 0.29) is 30.4 Å². The minimum atomic E-state index is -0.486. The van der Waals surface area contributed by atoms with E-state index in [2.05, 4.69) is 5.32 Å². The van der Waals surface area contributed by atoms with Crippen molar-refractivity contribution in [2.45, 2.75) is 45.7 Å². The summed E-state index contributed by atoms with van der Waals surface area (Å²) in [6.45, 7) is 5.54. The van der Waals surface area contributed by atoms with E-state index in [9.17, 15) is 9.59 Å². The van der Waals surface area contributed by atoms with Crippen LogP contribution < -0.4 is 5.32 Å². The second-order valence-corrected chi connectivity index (χ2v) is 4.91. The van der Waals surface area contributed by atoms with Crippen LogP contribution in [-0.4, -0.2) is 47.1 Å². The number of nitrogens with one attached hydrogen (secondary N) is 1. The maximum absolute atomic E-state index is 12.3. The van der Waals surface area contributed by atoms with Crippen molar-refractivity contribution in [1.29, 1.82) is 0 Å². The highest BCUT2D eigenvalue weighted by Gasteiger charge is 2.36. The molecule has 2 amide bonds. The minimum Gasteiger partial charge on any atom is -0.395 e. The van der Waals surface area contributed by atoms with Crippen LogP contribution in [0.3, 0.4) is 0 Å². The van der Waals surface area contributed by atoms with Crippen molar-refractivity contribution in [3.05, 3.63) is 0 Å². The van der Waals surface area contributed by atoms with E-state index >= 15 is 0 Å². The van der Waals surface area contributed by atoms with Gasteiger partial charge in [0.1, 0.15) is 6.04 Å². The summed E-state index contributed by atoms with van der Waals surface area (Å²) in [7, 11) is 0. The minimum absolute atomic E-state index is 0.0346. The molecule has 0 aromatic rings. The second-order valence-electron chi connectivity index (χ2n) is 4.91. The summed E-state index contributed by atoms with van der Waals surface area (Å²) in [5.41, 5.74) is 0. The number of aliphatic hydroxyl groups excluding tert-OH is 1. The molecule has 0 aromatic heterocycles. The molecule has 5 heteroatoms. The number of amides is 2. The maximum atomic E-state index is 12.3. The first-order valence-electron chi connectivity index (χ1n) is 6.15. The van der Waals surface area contributed by atoms with Crippen LogP contribution in [0.5, 0.6) is 0 Å². The smallest absolute Gasteiger partial charge is 0.245 e. The average Bonchev–Trinajstić information content (AvgIpc) is 3.04. The topological polar surface area (TPSA) is 69.6 Å². The Hall–Kier alpha value is -1.10. The highest BCUT2D eigenvalue weighted by atomic mass is 16.3. The fourth-order valence-corrected chi connectivity index (χ4v) is 1.88. The first-order valence-corrected chi connectivity index (χ1v) is 6.15. The molecule has 1 unspecified atom stereocenters. The lowest BCUT2D eigenvalue weighted by molar-refractivity contribution is -0.138. The third kappa shape index (κ3) is 4.00. The van der Waals surface area contributed by atoms with Crippen LogP contribution in [0.4, 0.5) is 0 Å². The molecule has 1 aliphatic rings. The van der Waals surface area contributed by atoms with Crippen LogP contribution in [0, 0.1) is 5.92 Å². The molecule has 98 valence electrons. The van der Waals surface area contributed by atoms with E-state index in [1.165, 1.54) is 6.92 Å². The van der Waals surface area contributed by atoms with Crippen molar-refractivity contribution >= 4 is 11.8 Å². The number of nitrogens with zero attached hydrogens (tertiary/aromatic N) is 1. The zero-order valence-electron chi connectivity index (χ0n) is 10.8. The molecule has 0 aromatic carbocycles. The van der Waals surface area contributed by atoms with E-state index < -0.39 is 6.04 Å². The highest BCUT2D eigenvalue weighted by Crippen LogP contribution is 2.27. The predicted octanol–water partition coefficient (Wildman–Crippen LogP) is 0.130. The summed E-state index contributed by atoms with van der Waals surface area (Å²) < 4.78 is 0. The Labute approximate surface area is 102 Å². The Kier molecular flexibility index (Phi) is 4.93. The molecule has 0 radical (unpaired) electrons. The van der Waals surface area contributed by atoms with Gasteiger partial charge in [0.05, 0.1) is 6.61 Å². The van der Waals surface area contributed by atoms with Gasteiger partial charge in [-0.25, -0.2) is 0 Å². The van der Waals surface area contributed by atoms with Gasteiger partial charge in [-0.3, -0.25) is 9.59 Å². The SMILES string of the molecule is CC(=O)NC(C(=O)N(CCO)C1CC1)C(C)C. The molecular formula is C12H22N2O3. The van der Waals surface area contributed by atoms with Crippen molar-refractivity contribution in [2.24, 2.45) is 5.92 Å². The number of aliphatic hydroxyl groups is 1. The number of carbonyl (C=O) groups excluding carboxylic acids is 2. The largest absolute Gasteiger partial charge is 0.395 e. The van der Waals surface area contributed by atoms with Crippen LogP contribution in [0.1, 0.15) is 33.6 Å². The number of carbonyl (C=O) groups is 2. The van der Waals surface area contributed by atoms with Gasteiger partial charge in [-0.1, -0.05) is 13.8 Å². The summed E-state index contributed by atoms with van der Waals surface area (Å²) in [6.07, 6.45) is 1.99. The molecule has 0 bridgehead atoms. The van der Waals surface area contributed by atoms with Gasteiger partial charge in [0, 0.05) is 19.5 Å². The third-order valence-corrected chi connectivity index (χ3v) is 2.90. The monoisotopic (exact) mass is 242 g/mol. The van der Waals surface area contributed by atoms with E-state index in [1.807, 2.05) is 13.8 Å². The first-order chi connectivity index (χ1) is 7.97.